The molecule has 0 bridgehead atoms. The summed E-state index contributed by atoms with van der Waals surface area (Å²) >= 11 is 5.71. The van der Waals surface area contributed by atoms with Crippen LogP contribution in [0.15, 0.2) is 18.2 Å². The third-order valence-electron chi connectivity index (χ3n) is 2.92. The van der Waals surface area contributed by atoms with Crippen LogP contribution in [0.1, 0.15) is 10.4 Å². The molecule has 1 unspecified atom stereocenters. The van der Waals surface area contributed by atoms with E-state index in [1.165, 1.54) is 18.2 Å². The number of nitrogens with one attached hydrogen (secondary N) is 1. The maximum Gasteiger partial charge on any atom is 0.328 e. The quantitative estimate of drug-likeness (QED) is 0.716. The number of piperazine rings is 1. The Hall–Kier alpha value is -2.28. The van der Waals surface area contributed by atoms with Crippen LogP contribution >= 0.6 is 11.6 Å². The van der Waals surface area contributed by atoms with Crippen molar-refractivity contribution >= 4 is 29.4 Å². The van der Waals surface area contributed by atoms with Gasteiger partial charge >= 0.3 is 5.97 Å². The van der Waals surface area contributed by atoms with E-state index in [0.29, 0.717) is 0 Å². The van der Waals surface area contributed by atoms with E-state index in [2.05, 4.69) is 5.32 Å². The number of nitrogens with zero attached hydrogens (tertiary/aromatic N) is 1. The molecule has 2 amide bonds. The first-order valence-electron chi connectivity index (χ1n) is 5.69. The normalized spacial score (nSPS) is 18.6. The summed E-state index contributed by atoms with van der Waals surface area (Å²) in [6.45, 7) is -0.486. The molecule has 1 aromatic rings. The first-order valence-corrected chi connectivity index (χ1v) is 6.07. The number of halogens is 1. The summed E-state index contributed by atoms with van der Waals surface area (Å²) in [6.07, 6.45) is 0. The minimum absolute atomic E-state index is 0.0239. The number of aromatic hydroxyl groups is 1. The third-order valence-corrected chi connectivity index (χ3v) is 3.23. The Morgan fingerprint density at radius 1 is 1.40 bits per heavy atom. The van der Waals surface area contributed by atoms with Crippen molar-refractivity contribution in [2.45, 2.75) is 6.04 Å². The number of rotatable bonds is 2. The largest absolute Gasteiger partial charge is 0.506 e. The van der Waals surface area contributed by atoms with Crippen molar-refractivity contribution in [3.05, 3.63) is 28.8 Å². The fraction of sp³-hybridized carbons (Fsp3) is 0.250. The standard InChI is InChI=1S/C12H11ClN2O5/c13-7-3-6(1-2-9(7)16)11(18)15-5-10(17)14-4-8(15)12(19)20/h1-3,8,16H,4-5H2,(H,14,17)(H,19,20). The van der Waals surface area contributed by atoms with Crippen LogP contribution < -0.4 is 5.32 Å². The topological polar surface area (TPSA) is 107 Å². The summed E-state index contributed by atoms with van der Waals surface area (Å²) in [5.41, 5.74) is 0.105. The molecule has 0 aromatic heterocycles. The summed E-state index contributed by atoms with van der Waals surface area (Å²) in [5.74, 6) is -2.45. The first-order chi connectivity index (χ1) is 9.40. The molecule has 106 valence electrons. The highest BCUT2D eigenvalue weighted by molar-refractivity contribution is 6.32. The molecule has 0 spiro atoms. The minimum Gasteiger partial charge on any atom is -0.506 e. The maximum absolute atomic E-state index is 12.3. The molecule has 1 aliphatic rings. The Morgan fingerprint density at radius 2 is 2.10 bits per heavy atom. The first kappa shape index (κ1) is 14.1. The van der Waals surface area contributed by atoms with Gasteiger partial charge in [-0.05, 0) is 18.2 Å². The Kier molecular flexibility index (Phi) is 3.80. The highest BCUT2D eigenvalue weighted by atomic mass is 35.5. The van der Waals surface area contributed by atoms with Crippen molar-refractivity contribution in [2.75, 3.05) is 13.1 Å². The van der Waals surface area contributed by atoms with Crippen LogP contribution in [0.4, 0.5) is 0 Å². The van der Waals surface area contributed by atoms with Gasteiger partial charge < -0.3 is 20.4 Å². The number of phenols is 1. The van der Waals surface area contributed by atoms with E-state index >= 15 is 0 Å². The van der Waals surface area contributed by atoms with Gasteiger partial charge in [-0.1, -0.05) is 11.6 Å². The molecule has 1 heterocycles. The van der Waals surface area contributed by atoms with Gasteiger partial charge in [0.15, 0.2) is 0 Å². The SMILES string of the molecule is O=C1CN(C(=O)c2ccc(O)c(Cl)c2)C(C(=O)O)CN1. The molecule has 20 heavy (non-hydrogen) atoms. The number of phenolic OH excluding ortho intramolecular Hbond substituents is 1. The van der Waals surface area contributed by atoms with Crippen molar-refractivity contribution in [1.82, 2.24) is 10.2 Å². The Labute approximate surface area is 118 Å². The second kappa shape index (κ2) is 5.38. The van der Waals surface area contributed by atoms with Crippen LogP contribution in [0, 0.1) is 0 Å². The molecule has 1 atom stereocenters. The summed E-state index contributed by atoms with van der Waals surface area (Å²) in [4.78, 5) is 35.7. The van der Waals surface area contributed by atoms with E-state index in [9.17, 15) is 19.5 Å². The summed E-state index contributed by atoms with van der Waals surface area (Å²) in [5, 5.41) is 20.7. The molecular weight excluding hydrogens is 288 g/mol. The van der Waals surface area contributed by atoms with Gasteiger partial charge in [0.05, 0.1) is 5.02 Å². The molecule has 0 saturated carbocycles. The second-order valence-corrected chi connectivity index (χ2v) is 4.66. The van der Waals surface area contributed by atoms with Crippen molar-refractivity contribution in [3.8, 4) is 5.75 Å². The van der Waals surface area contributed by atoms with E-state index in [0.717, 1.165) is 4.90 Å². The zero-order chi connectivity index (χ0) is 14.9. The Morgan fingerprint density at radius 3 is 2.70 bits per heavy atom. The molecule has 3 N–H and O–H groups in total. The second-order valence-electron chi connectivity index (χ2n) is 4.26. The molecule has 2 rings (SSSR count). The fourth-order valence-electron chi connectivity index (χ4n) is 1.88. The van der Waals surface area contributed by atoms with Crippen molar-refractivity contribution < 1.29 is 24.6 Å². The fourth-order valence-corrected chi connectivity index (χ4v) is 2.06. The summed E-state index contributed by atoms with van der Waals surface area (Å²) in [7, 11) is 0. The van der Waals surface area contributed by atoms with E-state index < -0.39 is 23.8 Å². The summed E-state index contributed by atoms with van der Waals surface area (Å²) in [6, 6.07) is 2.64. The van der Waals surface area contributed by atoms with Gasteiger partial charge in [-0.3, -0.25) is 9.59 Å². The predicted octanol–water partition coefficient (Wildman–Crippen LogP) is 0.0708. The van der Waals surface area contributed by atoms with Gasteiger partial charge in [0.25, 0.3) is 5.91 Å². The number of aliphatic carboxylic acids is 1. The molecule has 7 nitrogen and oxygen atoms in total. The molecular formula is C12H11ClN2O5. The molecule has 1 aromatic carbocycles. The average Bonchev–Trinajstić information content (AvgIpc) is 2.40. The lowest BCUT2D eigenvalue weighted by Gasteiger charge is -2.32. The molecule has 0 radical (unpaired) electrons. The molecule has 1 aliphatic heterocycles. The predicted molar refractivity (Wildman–Crippen MR) is 68.6 cm³/mol. The number of hydrogen-bond acceptors (Lipinski definition) is 4. The molecule has 0 aliphatic carbocycles. The highest BCUT2D eigenvalue weighted by Crippen LogP contribution is 2.24. The monoisotopic (exact) mass is 298 g/mol. The maximum atomic E-state index is 12.3. The third kappa shape index (κ3) is 2.67. The number of amides is 2. The lowest BCUT2D eigenvalue weighted by atomic mass is 10.1. The zero-order valence-corrected chi connectivity index (χ0v) is 10.9. The molecule has 1 fully saturated rings. The zero-order valence-electron chi connectivity index (χ0n) is 10.2. The van der Waals surface area contributed by atoms with Crippen LogP contribution in [0.3, 0.4) is 0 Å². The van der Waals surface area contributed by atoms with Gasteiger partial charge in [-0.25, -0.2) is 4.79 Å². The minimum atomic E-state index is -1.21. The van der Waals surface area contributed by atoms with Crippen LogP contribution in [-0.2, 0) is 9.59 Å². The van der Waals surface area contributed by atoms with Crippen LogP contribution in [-0.4, -0.2) is 52.0 Å². The number of carbonyl (C=O) groups is 3. The van der Waals surface area contributed by atoms with Crippen LogP contribution in [0.5, 0.6) is 5.75 Å². The van der Waals surface area contributed by atoms with E-state index in [-0.39, 0.29) is 29.4 Å². The van der Waals surface area contributed by atoms with Crippen molar-refractivity contribution in [3.63, 3.8) is 0 Å². The van der Waals surface area contributed by atoms with Crippen molar-refractivity contribution in [1.29, 1.82) is 0 Å². The average molecular weight is 299 g/mol. The van der Waals surface area contributed by atoms with Gasteiger partial charge in [-0.15, -0.1) is 0 Å². The number of carboxylic acids is 1. The number of benzene rings is 1. The number of hydrogen-bond donors (Lipinski definition) is 3. The smallest absolute Gasteiger partial charge is 0.328 e. The van der Waals surface area contributed by atoms with Crippen LogP contribution in [0.25, 0.3) is 0 Å². The van der Waals surface area contributed by atoms with Crippen molar-refractivity contribution in [2.24, 2.45) is 0 Å². The van der Waals surface area contributed by atoms with Gasteiger partial charge in [0.1, 0.15) is 18.3 Å². The van der Waals surface area contributed by atoms with Gasteiger partial charge in [-0.2, -0.15) is 0 Å². The van der Waals surface area contributed by atoms with E-state index in [4.69, 9.17) is 16.7 Å². The molecule has 8 heteroatoms. The number of carboxylic acid groups (broad SMARTS) is 1. The molecule has 1 saturated heterocycles. The Balaban J connectivity index is 2.31. The highest BCUT2D eigenvalue weighted by Gasteiger charge is 2.35. The van der Waals surface area contributed by atoms with Gasteiger partial charge in [0, 0.05) is 12.1 Å². The van der Waals surface area contributed by atoms with E-state index in [1.54, 1.807) is 0 Å². The number of carbonyl (C=O) groups excluding carboxylic acids is 2. The Bertz CT molecular complexity index is 589. The summed E-state index contributed by atoms with van der Waals surface area (Å²) < 4.78 is 0. The lowest BCUT2D eigenvalue weighted by Crippen LogP contribution is -2.59. The van der Waals surface area contributed by atoms with Gasteiger partial charge in [0.2, 0.25) is 5.91 Å². The van der Waals surface area contributed by atoms with Crippen LogP contribution in [0.2, 0.25) is 5.02 Å². The van der Waals surface area contributed by atoms with E-state index in [1.807, 2.05) is 0 Å². The lowest BCUT2D eigenvalue weighted by molar-refractivity contribution is -0.144.